The molecule has 9 heavy (non-hydrogen) atoms. The van der Waals surface area contributed by atoms with Gasteiger partial charge in [-0.3, -0.25) is 0 Å². The highest BCUT2D eigenvalue weighted by Crippen LogP contribution is 2.40. The van der Waals surface area contributed by atoms with Gasteiger partial charge in [0.05, 0.1) is 6.10 Å². The zero-order chi connectivity index (χ0) is 6.27. The van der Waals surface area contributed by atoms with Crippen LogP contribution in [-0.4, -0.2) is 13.2 Å². The maximum Gasteiger partial charge on any atom is 0.0639 e. The lowest BCUT2D eigenvalue weighted by molar-refractivity contribution is 0.0825. The molecule has 1 heteroatoms. The highest BCUT2D eigenvalue weighted by molar-refractivity contribution is 5.10. The average molecular weight is 124 g/mol. The topological polar surface area (TPSA) is 9.23 Å². The lowest BCUT2D eigenvalue weighted by atomic mass is 10.1. The van der Waals surface area contributed by atoms with Crippen LogP contribution in [0.4, 0.5) is 0 Å². The summed E-state index contributed by atoms with van der Waals surface area (Å²) >= 11 is 0. The van der Waals surface area contributed by atoms with Crippen molar-refractivity contribution in [2.45, 2.75) is 18.9 Å². The molecule has 0 N–H and O–H groups in total. The quantitative estimate of drug-likeness (QED) is 0.482. The first-order valence-corrected chi connectivity index (χ1v) is 3.61. The van der Waals surface area contributed by atoms with E-state index in [4.69, 9.17) is 4.74 Å². The molecule has 0 aliphatic heterocycles. The minimum Gasteiger partial charge on any atom is -0.381 e. The Kier molecular flexibility index (Phi) is 1.12. The van der Waals surface area contributed by atoms with Gasteiger partial charge in [-0.15, -0.1) is 0 Å². The molecule has 1 saturated carbocycles. The highest BCUT2D eigenvalue weighted by Gasteiger charge is 2.35. The Hall–Kier alpha value is -0.300. The number of rotatable bonds is 1. The molecule has 2 aliphatic carbocycles. The smallest absolute Gasteiger partial charge is 0.0639 e. The molecule has 50 valence electrons. The number of ether oxygens (including phenoxy) is 1. The Morgan fingerprint density at radius 1 is 1.33 bits per heavy atom. The predicted octanol–water partition coefficient (Wildman–Crippen LogP) is 1.60. The molecule has 2 rings (SSSR count). The van der Waals surface area contributed by atoms with Gasteiger partial charge in [0.1, 0.15) is 0 Å². The van der Waals surface area contributed by atoms with Crippen LogP contribution in [0.1, 0.15) is 12.8 Å². The van der Waals surface area contributed by atoms with Gasteiger partial charge in [0, 0.05) is 13.0 Å². The number of hydrogen-bond donors (Lipinski definition) is 0. The second-order valence-electron chi connectivity index (χ2n) is 3.05. The molecule has 1 nitrogen and oxygen atoms in total. The van der Waals surface area contributed by atoms with Crippen molar-refractivity contribution in [3.63, 3.8) is 0 Å². The van der Waals surface area contributed by atoms with Gasteiger partial charge in [-0.2, -0.15) is 0 Å². The van der Waals surface area contributed by atoms with Crippen LogP contribution in [0.15, 0.2) is 12.2 Å². The van der Waals surface area contributed by atoms with Crippen LogP contribution in [0.5, 0.6) is 0 Å². The molecule has 0 aromatic carbocycles. The molecule has 0 heterocycles. The fourth-order valence-electron chi connectivity index (χ4n) is 2.00. The van der Waals surface area contributed by atoms with E-state index in [1.807, 2.05) is 7.11 Å². The van der Waals surface area contributed by atoms with Crippen LogP contribution in [0, 0.1) is 11.8 Å². The van der Waals surface area contributed by atoms with Crippen molar-refractivity contribution in [3.05, 3.63) is 12.2 Å². The van der Waals surface area contributed by atoms with E-state index in [-0.39, 0.29) is 0 Å². The van der Waals surface area contributed by atoms with Gasteiger partial charge in [0.25, 0.3) is 0 Å². The Bertz CT molecular complexity index is 140. The van der Waals surface area contributed by atoms with Crippen molar-refractivity contribution in [3.8, 4) is 0 Å². The second-order valence-corrected chi connectivity index (χ2v) is 3.05. The summed E-state index contributed by atoms with van der Waals surface area (Å²) in [6, 6.07) is 0. The van der Waals surface area contributed by atoms with Gasteiger partial charge in [-0.1, -0.05) is 12.2 Å². The molecule has 1 fully saturated rings. The fraction of sp³-hybridized carbons (Fsp3) is 0.750. The average Bonchev–Trinajstić information content (AvgIpc) is 2.45. The summed E-state index contributed by atoms with van der Waals surface area (Å²) in [6.07, 6.45) is 7.79. The molecule has 0 spiro atoms. The minimum atomic E-state index is 0.542. The normalized spacial score (nSPS) is 46.6. The summed E-state index contributed by atoms with van der Waals surface area (Å²) in [4.78, 5) is 0. The van der Waals surface area contributed by atoms with Crippen LogP contribution in [0.2, 0.25) is 0 Å². The molecule has 0 saturated heterocycles. The van der Waals surface area contributed by atoms with Gasteiger partial charge in [-0.25, -0.2) is 0 Å². The zero-order valence-corrected chi connectivity index (χ0v) is 5.71. The van der Waals surface area contributed by atoms with Crippen molar-refractivity contribution in [2.24, 2.45) is 11.8 Å². The van der Waals surface area contributed by atoms with E-state index in [0.717, 1.165) is 11.8 Å². The Labute approximate surface area is 55.7 Å². The maximum absolute atomic E-state index is 5.29. The summed E-state index contributed by atoms with van der Waals surface area (Å²) in [6.45, 7) is 0. The first-order valence-electron chi connectivity index (χ1n) is 3.61. The molecule has 0 radical (unpaired) electrons. The van der Waals surface area contributed by atoms with Gasteiger partial charge in [0.2, 0.25) is 0 Å². The summed E-state index contributed by atoms with van der Waals surface area (Å²) in [7, 11) is 1.82. The summed E-state index contributed by atoms with van der Waals surface area (Å²) in [5.41, 5.74) is 0. The zero-order valence-electron chi connectivity index (χ0n) is 5.71. The molecular formula is C8H12O. The number of methoxy groups -OCH3 is 1. The summed E-state index contributed by atoms with van der Waals surface area (Å²) in [5.74, 6) is 1.60. The first-order chi connectivity index (χ1) is 4.40. The molecule has 2 aliphatic rings. The SMILES string of the molecule is CO[C@@H]1C[C@@H]2C=C[C@H]1C2. The van der Waals surface area contributed by atoms with Crippen molar-refractivity contribution >= 4 is 0 Å². The first kappa shape index (κ1) is 5.48. The number of allylic oxidation sites excluding steroid dienone is 1. The third kappa shape index (κ3) is 0.715. The molecule has 0 aromatic heterocycles. The van der Waals surface area contributed by atoms with Crippen molar-refractivity contribution in [1.29, 1.82) is 0 Å². The third-order valence-corrected chi connectivity index (χ3v) is 2.52. The van der Waals surface area contributed by atoms with Crippen LogP contribution >= 0.6 is 0 Å². The van der Waals surface area contributed by atoms with Crippen LogP contribution in [0.3, 0.4) is 0 Å². The number of hydrogen-bond acceptors (Lipinski definition) is 1. The monoisotopic (exact) mass is 124 g/mol. The van der Waals surface area contributed by atoms with Gasteiger partial charge < -0.3 is 4.74 Å². The van der Waals surface area contributed by atoms with Gasteiger partial charge >= 0.3 is 0 Å². The van der Waals surface area contributed by atoms with Crippen LogP contribution in [-0.2, 0) is 4.74 Å². The van der Waals surface area contributed by atoms with E-state index in [1.165, 1.54) is 12.8 Å². The highest BCUT2D eigenvalue weighted by atomic mass is 16.5. The molecular weight excluding hydrogens is 112 g/mol. The van der Waals surface area contributed by atoms with Crippen molar-refractivity contribution < 1.29 is 4.74 Å². The second kappa shape index (κ2) is 1.84. The minimum absolute atomic E-state index is 0.542. The van der Waals surface area contributed by atoms with Crippen LogP contribution in [0.25, 0.3) is 0 Å². The van der Waals surface area contributed by atoms with E-state index < -0.39 is 0 Å². The van der Waals surface area contributed by atoms with Crippen LogP contribution < -0.4 is 0 Å². The van der Waals surface area contributed by atoms with E-state index in [0.29, 0.717) is 6.10 Å². The molecule has 3 atom stereocenters. The maximum atomic E-state index is 5.29. The van der Waals surface area contributed by atoms with Gasteiger partial charge in [0.15, 0.2) is 0 Å². The predicted molar refractivity (Wildman–Crippen MR) is 36.2 cm³/mol. The van der Waals surface area contributed by atoms with E-state index in [1.54, 1.807) is 0 Å². The molecule has 0 amide bonds. The largest absolute Gasteiger partial charge is 0.381 e. The van der Waals surface area contributed by atoms with E-state index >= 15 is 0 Å². The molecule has 0 aromatic rings. The summed E-state index contributed by atoms with van der Waals surface area (Å²) in [5, 5.41) is 0. The Morgan fingerprint density at radius 2 is 2.22 bits per heavy atom. The van der Waals surface area contributed by atoms with Crippen molar-refractivity contribution in [1.82, 2.24) is 0 Å². The van der Waals surface area contributed by atoms with E-state index in [9.17, 15) is 0 Å². The third-order valence-electron chi connectivity index (χ3n) is 2.52. The lowest BCUT2D eigenvalue weighted by Crippen LogP contribution is -2.15. The Morgan fingerprint density at radius 3 is 2.56 bits per heavy atom. The lowest BCUT2D eigenvalue weighted by Gasteiger charge is -2.14. The molecule has 0 unspecified atom stereocenters. The Balaban J connectivity index is 2.10. The van der Waals surface area contributed by atoms with Crippen molar-refractivity contribution in [2.75, 3.05) is 7.11 Å². The molecule has 2 bridgehead atoms. The fourth-order valence-corrected chi connectivity index (χ4v) is 2.00. The summed E-state index contributed by atoms with van der Waals surface area (Å²) < 4.78 is 5.29. The van der Waals surface area contributed by atoms with Gasteiger partial charge in [-0.05, 0) is 18.8 Å². The number of fused-ring (bicyclic) bond motifs is 2. The standard InChI is InChI=1S/C8H12O/c1-9-8-5-6-2-3-7(8)4-6/h2-3,6-8H,4-5H2,1H3/t6-,7+,8-/m1/s1. The van der Waals surface area contributed by atoms with E-state index in [2.05, 4.69) is 12.2 Å².